The average Bonchev–Trinajstić information content (AvgIpc) is 3.63. The molecule has 9 nitrogen and oxygen atoms in total. The van der Waals surface area contributed by atoms with E-state index in [1.807, 2.05) is 4.90 Å². The van der Waals surface area contributed by atoms with Crippen LogP contribution in [0.3, 0.4) is 0 Å². The monoisotopic (exact) mass is 521 g/mol. The molecule has 1 unspecified atom stereocenters. The van der Waals surface area contributed by atoms with E-state index >= 15 is 4.39 Å². The van der Waals surface area contributed by atoms with Crippen molar-refractivity contribution in [3.63, 3.8) is 0 Å². The predicted molar refractivity (Wildman–Crippen MR) is 126 cm³/mol. The molecule has 1 saturated heterocycles. The van der Waals surface area contributed by atoms with Gasteiger partial charge in [-0.3, -0.25) is 14.7 Å². The fourth-order valence-corrected chi connectivity index (χ4v) is 4.92. The van der Waals surface area contributed by atoms with Crippen molar-refractivity contribution in [2.75, 3.05) is 24.5 Å². The highest BCUT2D eigenvalue weighted by Gasteiger charge is 2.35. The maximum Gasteiger partial charge on any atom is 0.417 e. The molecule has 2 atom stereocenters. The quantitative estimate of drug-likeness (QED) is 0.438. The second kappa shape index (κ2) is 9.86. The van der Waals surface area contributed by atoms with E-state index in [4.69, 9.17) is 5.73 Å². The summed E-state index contributed by atoms with van der Waals surface area (Å²) in [6.07, 6.45) is 0.591. The van der Waals surface area contributed by atoms with Crippen LogP contribution in [0.2, 0.25) is 0 Å². The molecule has 1 aliphatic carbocycles. The van der Waals surface area contributed by atoms with Crippen LogP contribution < -0.4 is 10.6 Å². The third-order valence-corrected chi connectivity index (χ3v) is 6.95. The Morgan fingerprint density at radius 3 is 2.59 bits per heavy atom. The normalized spacial score (nSPS) is 20.9. The third kappa shape index (κ3) is 5.52. The minimum atomic E-state index is -4.47. The van der Waals surface area contributed by atoms with E-state index < -0.39 is 29.6 Å². The summed E-state index contributed by atoms with van der Waals surface area (Å²) in [6, 6.07) is 2.38. The van der Waals surface area contributed by atoms with Gasteiger partial charge in [-0.1, -0.05) is 0 Å². The number of fused-ring (bicyclic) bond motifs is 1. The molecule has 13 heteroatoms. The van der Waals surface area contributed by atoms with Gasteiger partial charge in [-0.05, 0) is 37.9 Å². The second-order valence-corrected chi connectivity index (χ2v) is 9.74. The summed E-state index contributed by atoms with van der Waals surface area (Å²) >= 11 is 0. The van der Waals surface area contributed by atoms with Gasteiger partial charge in [0, 0.05) is 37.4 Å². The number of nitrogens with zero attached hydrogens (tertiary/aromatic N) is 6. The molecule has 5 rings (SSSR count). The molecule has 0 aromatic carbocycles. The Labute approximate surface area is 209 Å². The Morgan fingerprint density at radius 1 is 1.19 bits per heavy atom. The number of anilines is 1. The summed E-state index contributed by atoms with van der Waals surface area (Å²) in [5.74, 6) is -0.784. The van der Waals surface area contributed by atoms with Crippen LogP contribution in [0.5, 0.6) is 0 Å². The lowest BCUT2D eigenvalue weighted by atomic mass is 9.93. The maximum absolute atomic E-state index is 15.3. The van der Waals surface area contributed by atoms with E-state index in [9.17, 15) is 23.1 Å². The van der Waals surface area contributed by atoms with Crippen molar-refractivity contribution in [3.05, 3.63) is 47.9 Å². The molecule has 3 aromatic rings. The van der Waals surface area contributed by atoms with Gasteiger partial charge >= 0.3 is 6.18 Å². The molecule has 4 heterocycles. The summed E-state index contributed by atoms with van der Waals surface area (Å²) in [5.41, 5.74) is 5.21. The zero-order valence-corrected chi connectivity index (χ0v) is 19.9. The molecule has 2 fully saturated rings. The topological polar surface area (TPSA) is 113 Å². The largest absolute Gasteiger partial charge is 0.417 e. The summed E-state index contributed by atoms with van der Waals surface area (Å²) in [5, 5.41) is 10.9. The molecule has 1 saturated carbocycles. The van der Waals surface area contributed by atoms with Crippen molar-refractivity contribution < 1.29 is 27.5 Å². The highest BCUT2D eigenvalue weighted by atomic mass is 19.4. The lowest BCUT2D eigenvalue weighted by Crippen LogP contribution is -2.47. The fraction of sp³-hybridized carbons (Fsp3) is 0.500. The van der Waals surface area contributed by atoms with Crippen molar-refractivity contribution in [1.29, 1.82) is 0 Å². The fourth-order valence-electron chi connectivity index (χ4n) is 4.92. The van der Waals surface area contributed by atoms with Gasteiger partial charge in [-0.15, -0.1) is 0 Å². The lowest BCUT2D eigenvalue weighted by Gasteiger charge is -2.35. The average molecular weight is 522 g/mol. The number of aliphatic hydroxyl groups excluding tert-OH is 1. The number of hydrogen-bond acceptors (Lipinski definition) is 7. The summed E-state index contributed by atoms with van der Waals surface area (Å²) < 4.78 is 55.7. The van der Waals surface area contributed by atoms with Crippen molar-refractivity contribution in [2.45, 2.75) is 50.7 Å². The summed E-state index contributed by atoms with van der Waals surface area (Å²) in [6.45, 7) is 1.46. The molecule has 37 heavy (non-hydrogen) atoms. The number of β-amino-alcohol motifs (C(OH)–C–C–N with tert-alkyl or cyclic N) is 1. The minimum Gasteiger partial charge on any atom is -0.391 e. The van der Waals surface area contributed by atoms with Crippen LogP contribution in [-0.2, 0) is 24.1 Å². The van der Waals surface area contributed by atoms with Crippen molar-refractivity contribution in [3.8, 4) is 0 Å². The highest BCUT2D eigenvalue weighted by molar-refractivity contribution is 5.89. The molecule has 0 spiro atoms. The standard InChI is InChI=1S/C24H27F4N7O2/c25-18-10-34(8-14-5-6-33(11-19(14)36)12-20(29)37)22-21(18)23(32-13-31-22)35(17-3-4-17)9-16-2-1-15(7-30-16)24(26,27)28/h1-2,7,10,13-14,17,19,36H,3-6,8-9,11-12H2,(H2,29,37)/t14?,19-/m0/s1. The number of carbonyl (C=O) groups excluding carboxylic acids is 1. The third-order valence-electron chi connectivity index (χ3n) is 6.95. The molecular formula is C24H27F4N7O2. The van der Waals surface area contributed by atoms with Gasteiger partial charge in [0.25, 0.3) is 0 Å². The predicted octanol–water partition coefficient (Wildman–Crippen LogP) is 2.32. The number of pyridine rings is 1. The van der Waals surface area contributed by atoms with Crippen LogP contribution in [0.15, 0.2) is 30.9 Å². The number of nitrogens with two attached hydrogens (primary N) is 1. The molecule has 1 amide bonds. The molecule has 1 aliphatic heterocycles. The zero-order chi connectivity index (χ0) is 26.3. The van der Waals surface area contributed by atoms with Crippen LogP contribution in [0.1, 0.15) is 30.5 Å². The number of aliphatic hydroxyl groups is 1. The number of aromatic nitrogens is 4. The number of likely N-dealkylation sites (tertiary alicyclic amines) is 1. The maximum atomic E-state index is 15.3. The smallest absolute Gasteiger partial charge is 0.391 e. The van der Waals surface area contributed by atoms with Gasteiger partial charge in [-0.25, -0.2) is 14.4 Å². The van der Waals surface area contributed by atoms with Gasteiger partial charge in [0.15, 0.2) is 5.82 Å². The molecule has 2 aliphatic rings. The number of amides is 1. The van der Waals surface area contributed by atoms with Gasteiger partial charge < -0.3 is 20.3 Å². The first-order valence-corrected chi connectivity index (χ1v) is 12.1. The van der Waals surface area contributed by atoms with Gasteiger partial charge in [0.1, 0.15) is 17.8 Å². The van der Waals surface area contributed by atoms with Crippen LogP contribution in [-0.4, -0.2) is 67.2 Å². The second-order valence-electron chi connectivity index (χ2n) is 9.74. The van der Waals surface area contributed by atoms with Crippen molar-refractivity contribution in [1.82, 2.24) is 24.4 Å². The first kappa shape index (κ1) is 25.3. The van der Waals surface area contributed by atoms with E-state index in [0.29, 0.717) is 43.2 Å². The molecular weight excluding hydrogens is 494 g/mol. The Balaban J connectivity index is 1.38. The van der Waals surface area contributed by atoms with E-state index in [0.717, 1.165) is 25.1 Å². The van der Waals surface area contributed by atoms with Gasteiger partial charge in [0.05, 0.1) is 35.8 Å². The number of primary amides is 1. The minimum absolute atomic E-state index is 0.0707. The van der Waals surface area contributed by atoms with Crippen LogP contribution in [0.25, 0.3) is 11.0 Å². The molecule has 3 aromatic heterocycles. The van der Waals surface area contributed by atoms with Crippen LogP contribution in [0.4, 0.5) is 23.4 Å². The molecule has 3 N–H and O–H groups in total. The number of alkyl halides is 3. The molecule has 198 valence electrons. The van der Waals surface area contributed by atoms with E-state index in [1.165, 1.54) is 18.6 Å². The zero-order valence-electron chi connectivity index (χ0n) is 19.9. The first-order valence-electron chi connectivity index (χ1n) is 12.1. The number of halogens is 4. The first-order chi connectivity index (χ1) is 17.6. The van der Waals surface area contributed by atoms with Crippen LogP contribution >= 0.6 is 0 Å². The molecule has 0 radical (unpaired) electrons. The summed E-state index contributed by atoms with van der Waals surface area (Å²) in [7, 11) is 0. The van der Waals surface area contributed by atoms with Crippen molar-refractivity contribution in [2.24, 2.45) is 11.7 Å². The Kier molecular flexibility index (Phi) is 6.75. The van der Waals surface area contributed by atoms with Gasteiger partial charge in [0.2, 0.25) is 5.91 Å². The lowest BCUT2D eigenvalue weighted by molar-refractivity contribution is -0.137. The number of piperidine rings is 1. The highest BCUT2D eigenvalue weighted by Crippen LogP contribution is 2.37. The van der Waals surface area contributed by atoms with Crippen molar-refractivity contribution >= 4 is 22.8 Å². The SMILES string of the molecule is NC(=O)CN1CCC(Cn2cc(F)c3c(N(Cc4ccc(C(F)(F)F)cn4)C4CC4)ncnc32)[C@@H](O)C1. The van der Waals surface area contributed by atoms with Crippen LogP contribution in [0, 0.1) is 11.7 Å². The van der Waals surface area contributed by atoms with Gasteiger partial charge in [-0.2, -0.15) is 13.2 Å². The number of hydrogen-bond donors (Lipinski definition) is 2. The summed E-state index contributed by atoms with van der Waals surface area (Å²) in [4.78, 5) is 27.5. The molecule has 0 bridgehead atoms. The Bertz CT molecular complexity index is 1280. The number of rotatable bonds is 8. The van der Waals surface area contributed by atoms with E-state index in [1.54, 1.807) is 9.47 Å². The van der Waals surface area contributed by atoms with E-state index in [-0.39, 0.29) is 30.4 Å². The number of carbonyl (C=O) groups is 1. The Morgan fingerprint density at radius 2 is 1.97 bits per heavy atom. The Hall–Kier alpha value is -3.32. The van der Waals surface area contributed by atoms with E-state index in [2.05, 4.69) is 15.0 Å².